The van der Waals surface area contributed by atoms with Crippen molar-refractivity contribution < 1.29 is 4.79 Å². The van der Waals surface area contributed by atoms with Crippen molar-refractivity contribution in [2.45, 2.75) is 33.6 Å². The SMILES string of the molecule is Cc1ccccc1-n1c(C)cc(C(=O)N2CCC(CN)CC2)c1C. The summed E-state index contributed by atoms with van der Waals surface area (Å²) in [6, 6.07) is 10.3. The zero-order valence-electron chi connectivity index (χ0n) is 14.9. The van der Waals surface area contributed by atoms with Gasteiger partial charge in [-0.15, -0.1) is 0 Å². The topological polar surface area (TPSA) is 51.3 Å². The van der Waals surface area contributed by atoms with Gasteiger partial charge in [-0.1, -0.05) is 18.2 Å². The van der Waals surface area contributed by atoms with Crippen LogP contribution in [0.15, 0.2) is 30.3 Å². The summed E-state index contributed by atoms with van der Waals surface area (Å²) in [4.78, 5) is 15.0. The van der Waals surface area contributed by atoms with Gasteiger partial charge in [0.15, 0.2) is 0 Å². The molecule has 1 aromatic heterocycles. The highest BCUT2D eigenvalue weighted by Gasteiger charge is 2.26. The number of carbonyl (C=O) groups is 1. The number of nitrogens with zero attached hydrogens (tertiary/aromatic N) is 2. The highest BCUT2D eigenvalue weighted by atomic mass is 16.2. The third-order valence-corrected chi connectivity index (χ3v) is 5.25. The number of carbonyl (C=O) groups excluding carboxylic acids is 1. The Kier molecular flexibility index (Phi) is 4.76. The van der Waals surface area contributed by atoms with Gasteiger partial charge in [0, 0.05) is 30.2 Å². The third kappa shape index (κ3) is 2.98. The van der Waals surface area contributed by atoms with Crippen LogP contribution in [0.2, 0.25) is 0 Å². The Morgan fingerprint density at radius 3 is 2.46 bits per heavy atom. The van der Waals surface area contributed by atoms with Gasteiger partial charge >= 0.3 is 0 Å². The molecule has 4 heteroatoms. The number of hydrogen-bond acceptors (Lipinski definition) is 2. The predicted molar refractivity (Wildman–Crippen MR) is 97.7 cm³/mol. The van der Waals surface area contributed by atoms with Crippen LogP contribution < -0.4 is 5.73 Å². The minimum atomic E-state index is 0.151. The van der Waals surface area contributed by atoms with Gasteiger partial charge < -0.3 is 15.2 Å². The second-order valence-electron chi connectivity index (χ2n) is 6.88. The molecule has 4 nitrogen and oxygen atoms in total. The van der Waals surface area contributed by atoms with Crippen molar-refractivity contribution in [3.63, 3.8) is 0 Å². The van der Waals surface area contributed by atoms with E-state index in [1.165, 1.54) is 5.56 Å². The van der Waals surface area contributed by atoms with E-state index >= 15 is 0 Å². The van der Waals surface area contributed by atoms with Crippen LogP contribution in [-0.4, -0.2) is 35.0 Å². The van der Waals surface area contributed by atoms with E-state index in [-0.39, 0.29) is 5.91 Å². The first-order chi connectivity index (χ1) is 11.5. The van der Waals surface area contributed by atoms with Crippen molar-refractivity contribution >= 4 is 5.91 Å². The summed E-state index contributed by atoms with van der Waals surface area (Å²) in [6.45, 7) is 8.57. The molecule has 0 aliphatic carbocycles. The number of rotatable bonds is 3. The van der Waals surface area contributed by atoms with Gasteiger partial charge in [0.25, 0.3) is 5.91 Å². The molecular formula is C20H27N3O. The van der Waals surface area contributed by atoms with Crippen LogP contribution in [0.1, 0.15) is 40.2 Å². The lowest BCUT2D eigenvalue weighted by Gasteiger charge is -2.31. The van der Waals surface area contributed by atoms with Crippen LogP contribution in [0.25, 0.3) is 5.69 Å². The molecule has 0 unspecified atom stereocenters. The van der Waals surface area contributed by atoms with Gasteiger partial charge in [-0.25, -0.2) is 0 Å². The van der Waals surface area contributed by atoms with Crippen molar-refractivity contribution in [1.29, 1.82) is 0 Å². The van der Waals surface area contributed by atoms with Gasteiger partial charge in [0.2, 0.25) is 0 Å². The zero-order valence-corrected chi connectivity index (χ0v) is 14.9. The fourth-order valence-corrected chi connectivity index (χ4v) is 3.71. The molecule has 3 rings (SSSR count). The minimum absolute atomic E-state index is 0.151. The monoisotopic (exact) mass is 325 g/mol. The summed E-state index contributed by atoms with van der Waals surface area (Å²) in [5, 5.41) is 0. The van der Waals surface area contributed by atoms with Crippen molar-refractivity contribution in [3.05, 3.63) is 52.8 Å². The molecule has 0 radical (unpaired) electrons. The summed E-state index contributed by atoms with van der Waals surface area (Å²) in [7, 11) is 0. The maximum absolute atomic E-state index is 13.0. The van der Waals surface area contributed by atoms with E-state index < -0.39 is 0 Å². The fourth-order valence-electron chi connectivity index (χ4n) is 3.71. The Morgan fingerprint density at radius 2 is 1.83 bits per heavy atom. The lowest BCUT2D eigenvalue weighted by atomic mass is 9.96. The number of nitrogens with two attached hydrogens (primary N) is 1. The molecule has 1 aliphatic heterocycles. The van der Waals surface area contributed by atoms with E-state index in [9.17, 15) is 4.79 Å². The minimum Gasteiger partial charge on any atom is -0.339 e. The molecule has 0 bridgehead atoms. The van der Waals surface area contributed by atoms with Gasteiger partial charge in [0.1, 0.15) is 0 Å². The first-order valence-corrected chi connectivity index (χ1v) is 8.77. The quantitative estimate of drug-likeness (QED) is 0.942. The Bertz CT molecular complexity index is 739. The Morgan fingerprint density at radius 1 is 1.17 bits per heavy atom. The molecule has 1 fully saturated rings. The molecular weight excluding hydrogens is 298 g/mol. The average molecular weight is 325 g/mol. The van der Waals surface area contributed by atoms with Crippen molar-refractivity contribution in [2.24, 2.45) is 11.7 Å². The Labute approximate surface area is 144 Å². The van der Waals surface area contributed by atoms with Gasteiger partial charge in [-0.3, -0.25) is 4.79 Å². The number of hydrogen-bond donors (Lipinski definition) is 1. The molecule has 2 aromatic rings. The highest BCUT2D eigenvalue weighted by Crippen LogP contribution is 2.25. The van der Waals surface area contributed by atoms with E-state index in [1.807, 2.05) is 30.0 Å². The third-order valence-electron chi connectivity index (χ3n) is 5.25. The van der Waals surface area contributed by atoms with E-state index in [0.29, 0.717) is 5.92 Å². The van der Waals surface area contributed by atoms with E-state index in [2.05, 4.69) is 30.5 Å². The molecule has 0 saturated carbocycles. The van der Waals surface area contributed by atoms with Crippen molar-refractivity contribution in [3.8, 4) is 5.69 Å². The number of aryl methyl sites for hydroxylation is 2. The van der Waals surface area contributed by atoms with Gasteiger partial charge in [-0.2, -0.15) is 0 Å². The largest absolute Gasteiger partial charge is 0.339 e. The lowest BCUT2D eigenvalue weighted by molar-refractivity contribution is 0.0692. The Hall–Kier alpha value is -2.07. The number of benzene rings is 1. The predicted octanol–water partition coefficient (Wildman–Crippen LogP) is 3.21. The number of piperidine rings is 1. The number of aromatic nitrogens is 1. The van der Waals surface area contributed by atoms with Gasteiger partial charge in [-0.05, 0) is 63.8 Å². The van der Waals surface area contributed by atoms with Crippen LogP contribution >= 0.6 is 0 Å². The molecule has 1 aliphatic rings. The summed E-state index contributed by atoms with van der Waals surface area (Å²) in [6.07, 6.45) is 2.03. The summed E-state index contributed by atoms with van der Waals surface area (Å²) in [5.74, 6) is 0.715. The molecule has 0 spiro atoms. The molecule has 1 aromatic carbocycles. The molecule has 1 amide bonds. The lowest BCUT2D eigenvalue weighted by Crippen LogP contribution is -2.40. The smallest absolute Gasteiger partial charge is 0.255 e. The van der Waals surface area contributed by atoms with Crippen LogP contribution in [0, 0.1) is 26.7 Å². The first kappa shape index (κ1) is 16.8. The molecule has 24 heavy (non-hydrogen) atoms. The fraction of sp³-hybridized carbons (Fsp3) is 0.450. The second kappa shape index (κ2) is 6.81. The highest BCUT2D eigenvalue weighted by molar-refractivity contribution is 5.96. The Balaban J connectivity index is 1.89. The van der Waals surface area contributed by atoms with Crippen molar-refractivity contribution in [1.82, 2.24) is 9.47 Å². The summed E-state index contributed by atoms with van der Waals surface area (Å²) < 4.78 is 2.19. The van der Waals surface area contributed by atoms with E-state index in [0.717, 1.165) is 55.1 Å². The summed E-state index contributed by atoms with van der Waals surface area (Å²) >= 11 is 0. The average Bonchev–Trinajstić information content (AvgIpc) is 2.89. The zero-order chi connectivity index (χ0) is 17.3. The van der Waals surface area contributed by atoms with Crippen LogP contribution in [0.4, 0.5) is 0 Å². The number of likely N-dealkylation sites (tertiary alicyclic amines) is 1. The normalized spacial score (nSPS) is 15.8. The molecule has 2 heterocycles. The second-order valence-corrected chi connectivity index (χ2v) is 6.88. The molecule has 1 saturated heterocycles. The van der Waals surface area contributed by atoms with Gasteiger partial charge in [0.05, 0.1) is 5.56 Å². The maximum atomic E-state index is 13.0. The molecule has 128 valence electrons. The molecule has 2 N–H and O–H groups in total. The maximum Gasteiger partial charge on any atom is 0.255 e. The van der Waals surface area contributed by atoms with Crippen LogP contribution in [0.5, 0.6) is 0 Å². The van der Waals surface area contributed by atoms with Crippen molar-refractivity contribution in [2.75, 3.05) is 19.6 Å². The number of amides is 1. The van der Waals surface area contributed by atoms with E-state index in [4.69, 9.17) is 5.73 Å². The van der Waals surface area contributed by atoms with E-state index in [1.54, 1.807) is 0 Å². The molecule has 0 atom stereocenters. The van der Waals surface area contributed by atoms with Crippen LogP contribution in [-0.2, 0) is 0 Å². The first-order valence-electron chi connectivity index (χ1n) is 8.77. The standard InChI is InChI=1S/C20H27N3O/c1-14-6-4-5-7-19(14)23-15(2)12-18(16(23)3)20(24)22-10-8-17(13-21)9-11-22/h4-7,12,17H,8-11,13,21H2,1-3H3. The summed E-state index contributed by atoms with van der Waals surface area (Å²) in [5.41, 5.74) is 11.1. The number of para-hydroxylation sites is 1. The van der Waals surface area contributed by atoms with Crippen LogP contribution in [0.3, 0.4) is 0 Å².